The topological polar surface area (TPSA) is 42.2 Å². The minimum absolute atomic E-state index is 0.456. The van der Waals surface area contributed by atoms with Gasteiger partial charge in [-0.15, -0.1) is 0 Å². The largest absolute Gasteiger partial charge is 0.352 e. The summed E-state index contributed by atoms with van der Waals surface area (Å²) < 4.78 is 0. The predicted molar refractivity (Wildman–Crippen MR) is 75.9 cm³/mol. The zero-order valence-electron chi connectivity index (χ0n) is 10.8. The molecule has 2 N–H and O–H groups in total. The second kappa shape index (κ2) is 4.58. The fourth-order valence-corrected chi connectivity index (χ4v) is 2.86. The second-order valence-electron chi connectivity index (χ2n) is 5.05. The van der Waals surface area contributed by atoms with E-state index < -0.39 is 0 Å². The van der Waals surface area contributed by atoms with E-state index in [1.807, 2.05) is 6.07 Å². The Kier molecular flexibility index (Phi) is 2.92. The summed E-state index contributed by atoms with van der Waals surface area (Å²) in [6, 6.07) is 11.0. The molecular formula is C15H19N3. The lowest BCUT2D eigenvalue weighted by Gasteiger charge is -2.26. The van der Waals surface area contributed by atoms with Crippen molar-refractivity contribution >= 4 is 16.7 Å². The van der Waals surface area contributed by atoms with Gasteiger partial charge in [-0.3, -0.25) is 0 Å². The molecule has 0 bridgehead atoms. The first-order chi connectivity index (χ1) is 8.79. The summed E-state index contributed by atoms with van der Waals surface area (Å²) in [7, 11) is 0. The summed E-state index contributed by atoms with van der Waals surface area (Å²) in [5.41, 5.74) is 8.17. The van der Waals surface area contributed by atoms with Gasteiger partial charge in [0.15, 0.2) is 0 Å². The Bertz CT molecular complexity index is 565. The molecule has 2 aromatic rings. The molecule has 0 spiro atoms. The zero-order chi connectivity index (χ0) is 12.5. The molecule has 94 valence electrons. The third-order valence-corrected chi connectivity index (χ3v) is 3.81. The van der Waals surface area contributed by atoms with Crippen LogP contribution in [0, 0.1) is 6.92 Å². The maximum Gasteiger partial charge on any atom is 0.132 e. The van der Waals surface area contributed by atoms with Crippen molar-refractivity contribution in [2.24, 2.45) is 5.73 Å². The molecule has 1 aliphatic heterocycles. The first kappa shape index (κ1) is 11.5. The molecule has 1 saturated heterocycles. The molecule has 1 atom stereocenters. The average Bonchev–Trinajstić information content (AvgIpc) is 2.86. The lowest BCUT2D eigenvalue weighted by atomic mass is 10.1. The Balaban J connectivity index is 2.08. The summed E-state index contributed by atoms with van der Waals surface area (Å²) in [5, 5.41) is 1.21. The Hall–Kier alpha value is -1.61. The minimum atomic E-state index is 0.456. The van der Waals surface area contributed by atoms with Gasteiger partial charge >= 0.3 is 0 Å². The van der Waals surface area contributed by atoms with E-state index in [0.29, 0.717) is 12.6 Å². The van der Waals surface area contributed by atoms with Crippen molar-refractivity contribution in [2.45, 2.75) is 25.8 Å². The van der Waals surface area contributed by atoms with Crippen LogP contribution < -0.4 is 10.6 Å². The summed E-state index contributed by atoms with van der Waals surface area (Å²) in [6.07, 6.45) is 2.40. The number of anilines is 1. The van der Waals surface area contributed by atoms with Crippen LogP contribution in [0.3, 0.4) is 0 Å². The molecule has 1 aliphatic rings. The number of rotatable bonds is 2. The van der Waals surface area contributed by atoms with Crippen LogP contribution in [0.15, 0.2) is 30.3 Å². The fraction of sp³-hybridized carbons (Fsp3) is 0.400. The minimum Gasteiger partial charge on any atom is -0.352 e. The van der Waals surface area contributed by atoms with Gasteiger partial charge in [-0.1, -0.05) is 18.2 Å². The average molecular weight is 241 g/mol. The number of para-hydroxylation sites is 1. The highest BCUT2D eigenvalue weighted by Gasteiger charge is 2.25. The molecule has 1 aromatic heterocycles. The first-order valence-electron chi connectivity index (χ1n) is 6.62. The number of nitrogens with zero attached hydrogens (tertiary/aromatic N) is 2. The molecule has 0 saturated carbocycles. The van der Waals surface area contributed by atoms with Crippen molar-refractivity contribution < 1.29 is 0 Å². The van der Waals surface area contributed by atoms with Gasteiger partial charge in [0, 0.05) is 24.5 Å². The van der Waals surface area contributed by atoms with Crippen LogP contribution in [-0.4, -0.2) is 24.1 Å². The van der Waals surface area contributed by atoms with Gasteiger partial charge < -0.3 is 10.6 Å². The number of nitrogens with two attached hydrogens (primary N) is 1. The first-order valence-corrected chi connectivity index (χ1v) is 6.62. The third-order valence-electron chi connectivity index (χ3n) is 3.81. The molecule has 1 fully saturated rings. The number of hydrogen-bond acceptors (Lipinski definition) is 3. The summed E-state index contributed by atoms with van der Waals surface area (Å²) in [4.78, 5) is 7.20. The van der Waals surface area contributed by atoms with Crippen LogP contribution in [0.5, 0.6) is 0 Å². The lowest BCUT2D eigenvalue weighted by Crippen LogP contribution is -2.36. The van der Waals surface area contributed by atoms with Crippen molar-refractivity contribution in [3.8, 4) is 0 Å². The summed E-state index contributed by atoms with van der Waals surface area (Å²) in [5.74, 6) is 1.11. The van der Waals surface area contributed by atoms with E-state index in [1.54, 1.807) is 0 Å². The molecule has 0 amide bonds. The van der Waals surface area contributed by atoms with Gasteiger partial charge in [0.05, 0.1) is 5.52 Å². The van der Waals surface area contributed by atoms with Crippen LogP contribution in [0.1, 0.15) is 18.4 Å². The SMILES string of the molecule is Cc1cc2ccccc2nc1N1CCCC1CN. The van der Waals surface area contributed by atoms with Gasteiger partial charge in [0.1, 0.15) is 5.82 Å². The standard InChI is InChI=1S/C15H19N3/c1-11-9-12-5-2-3-7-14(12)17-15(11)18-8-4-6-13(18)10-16/h2-3,5,7,9,13H,4,6,8,10,16H2,1H3. The van der Waals surface area contributed by atoms with Crippen LogP contribution in [-0.2, 0) is 0 Å². The van der Waals surface area contributed by atoms with E-state index in [4.69, 9.17) is 10.7 Å². The summed E-state index contributed by atoms with van der Waals surface area (Å²) in [6.45, 7) is 3.93. The Labute approximate surface area is 108 Å². The zero-order valence-corrected chi connectivity index (χ0v) is 10.8. The van der Waals surface area contributed by atoms with Crippen LogP contribution in [0.2, 0.25) is 0 Å². The lowest BCUT2D eigenvalue weighted by molar-refractivity contribution is 0.671. The Morgan fingerprint density at radius 2 is 2.22 bits per heavy atom. The number of fused-ring (bicyclic) bond motifs is 1. The monoisotopic (exact) mass is 241 g/mol. The molecule has 18 heavy (non-hydrogen) atoms. The van der Waals surface area contributed by atoms with Gasteiger partial charge in [0.2, 0.25) is 0 Å². The predicted octanol–water partition coefficient (Wildman–Crippen LogP) is 2.47. The van der Waals surface area contributed by atoms with Crippen molar-refractivity contribution in [3.63, 3.8) is 0 Å². The summed E-state index contributed by atoms with van der Waals surface area (Å²) >= 11 is 0. The van der Waals surface area contributed by atoms with Crippen LogP contribution >= 0.6 is 0 Å². The second-order valence-corrected chi connectivity index (χ2v) is 5.05. The maximum absolute atomic E-state index is 5.85. The number of hydrogen-bond donors (Lipinski definition) is 1. The number of aromatic nitrogens is 1. The van der Waals surface area contributed by atoms with Crippen molar-refractivity contribution in [1.82, 2.24) is 4.98 Å². The highest BCUT2D eigenvalue weighted by Crippen LogP contribution is 2.28. The van der Waals surface area contributed by atoms with Crippen LogP contribution in [0.4, 0.5) is 5.82 Å². The van der Waals surface area contributed by atoms with Crippen molar-refractivity contribution in [2.75, 3.05) is 18.0 Å². The molecule has 1 unspecified atom stereocenters. The van der Waals surface area contributed by atoms with Gasteiger partial charge in [-0.25, -0.2) is 4.98 Å². The van der Waals surface area contributed by atoms with Crippen LogP contribution in [0.25, 0.3) is 10.9 Å². The quantitative estimate of drug-likeness (QED) is 0.878. The molecule has 0 radical (unpaired) electrons. The Morgan fingerprint density at radius 3 is 3.06 bits per heavy atom. The number of benzene rings is 1. The highest BCUT2D eigenvalue weighted by molar-refractivity contribution is 5.81. The molecule has 1 aromatic carbocycles. The van der Waals surface area contributed by atoms with E-state index in [1.165, 1.54) is 23.8 Å². The van der Waals surface area contributed by atoms with E-state index in [9.17, 15) is 0 Å². The number of pyridine rings is 1. The van der Waals surface area contributed by atoms with Gasteiger partial charge in [-0.2, -0.15) is 0 Å². The normalized spacial score (nSPS) is 19.7. The molecular weight excluding hydrogens is 222 g/mol. The molecule has 3 heteroatoms. The van der Waals surface area contributed by atoms with Gasteiger partial charge in [-0.05, 0) is 37.5 Å². The maximum atomic E-state index is 5.85. The van der Waals surface area contributed by atoms with E-state index in [2.05, 4.69) is 36.1 Å². The Morgan fingerprint density at radius 1 is 1.39 bits per heavy atom. The molecule has 3 rings (SSSR count). The smallest absolute Gasteiger partial charge is 0.132 e. The van der Waals surface area contributed by atoms with Crippen molar-refractivity contribution in [3.05, 3.63) is 35.9 Å². The number of aryl methyl sites for hydroxylation is 1. The van der Waals surface area contributed by atoms with E-state index in [-0.39, 0.29) is 0 Å². The van der Waals surface area contributed by atoms with Gasteiger partial charge in [0.25, 0.3) is 0 Å². The molecule has 3 nitrogen and oxygen atoms in total. The molecule has 0 aliphatic carbocycles. The fourth-order valence-electron chi connectivity index (χ4n) is 2.86. The van der Waals surface area contributed by atoms with Crippen molar-refractivity contribution in [1.29, 1.82) is 0 Å². The third kappa shape index (κ3) is 1.85. The van der Waals surface area contributed by atoms with E-state index >= 15 is 0 Å². The van der Waals surface area contributed by atoms with E-state index in [0.717, 1.165) is 17.9 Å². The highest BCUT2D eigenvalue weighted by atomic mass is 15.2. The molecule has 2 heterocycles.